The molecule has 0 saturated heterocycles. The highest BCUT2D eigenvalue weighted by Gasteiger charge is 2.21. The number of ether oxygens (including phenoxy) is 1. The van der Waals surface area contributed by atoms with Crippen LogP contribution in [0.1, 0.15) is 12.8 Å². The Bertz CT molecular complexity index is 129. The molecular formula is C9H20N2O2. The number of aliphatic hydroxyl groups is 1. The van der Waals surface area contributed by atoms with Gasteiger partial charge in [-0.1, -0.05) is 0 Å². The summed E-state index contributed by atoms with van der Waals surface area (Å²) in [5, 5.41) is 12.4. The summed E-state index contributed by atoms with van der Waals surface area (Å²) >= 11 is 0. The van der Waals surface area contributed by atoms with Crippen molar-refractivity contribution in [3.8, 4) is 0 Å². The molecule has 0 aromatic rings. The van der Waals surface area contributed by atoms with Crippen molar-refractivity contribution < 1.29 is 9.84 Å². The van der Waals surface area contributed by atoms with Crippen molar-refractivity contribution in [3.63, 3.8) is 0 Å². The van der Waals surface area contributed by atoms with E-state index in [1.165, 1.54) is 12.8 Å². The molecule has 4 N–H and O–H groups in total. The Kier molecular flexibility index (Phi) is 5.31. The predicted molar refractivity (Wildman–Crippen MR) is 51.5 cm³/mol. The summed E-state index contributed by atoms with van der Waals surface area (Å²) in [6.45, 7) is 3.18. The summed E-state index contributed by atoms with van der Waals surface area (Å²) < 4.78 is 5.33. The standard InChI is InChI=1S/C9H20N2O2/c10-3-4-11-5-9(12)7-13-6-8-1-2-8/h8-9,11-12H,1-7,10H2. The van der Waals surface area contributed by atoms with Gasteiger partial charge in [-0.05, 0) is 18.8 Å². The zero-order valence-corrected chi connectivity index (χ0v) is 8.04. The molecule has 4 heteroatoms. The molecule has 0 bridgehead atoms. The maximum absolute atomic E-state index is 9.38. The molecule has 1 unspecified atom stereocenters. The number of hydrogen-bond acceptors (Lipinski definition) is 4. The highest BCUT2D eigenvalue weighted by atomic mass is 16.5. The summed E-state index contributed by atoms with van der Waals surface area (Å²) in [5.74, 6) is 0.768. The Morgan fingerprint density at radius 1 is 1.54 bits per heavy atom. The van der Waals surface area contributed by atoms with Crippen LogP contribution in [0.5, 0.6) is 0 Å². The molecule has 0 radical (unpaired) electrons. The van der Waals surface area contributed by atoms with E-state index in [4.69, 9.17) is 10.5 Å². The van der Waals surface area contributed by atoms with Crippen LogP contribution in [0.15, 0.2) is 0 Å². The van der Waals surface area contributed by atoms with Gasteiger partial charge in [0.15, 0.2) is 0 Å². The molecule has 0 spiro atoms. The minimum absolute atomic E-state index is 0.398. The zero-order valence-electron chi connectivity index (χ0n) is 8.04. The lowest BCUT2D eigenvalue weighted by molar-refractivity contribution is 0.0327. The topological polar surface area (TPSA) is 67.5 Å². The van der Waals surface area contributed by atoms with Crippen molar-refractivity contribution in [1.82, 2.24) is 5.32 Å². The van der Waals surface area contributed by atoms with E-state index in [0.717, 1.165) is 19.1 Å². The van der Waals surface area contributed by atoms with Gasteiger partial charge in [0.1, 0.15) is 0 Å². The fraction of sp³-hybridized carbons (Fsp3) is 1.00. The van der Waals surface area contributed by atoms with Crippen molar-refractivity contribution in [2.75, 3.05) is 32.8 Å². The Morgan fingerprint density at radius 3 is 2.92 bits per heavy atom. The van der Waals surface area contributed by atoms with Gasteiger partial charge < -0.3 is 20.9 Å². The molecule has 0 aromatic heterocycles. The van der Waals surface area contributed by atoms with Crippen LogP contribution < -0.4 is 11.1 Å². The number of aliphatic hydroxyl groups excluding tert-OH is 1. The second-order valence-corrected chi connectivity index (χ2v) is 3.63. The van der Waals surface area contributed by atoms with E-state index in [1.54, 1.807) is 0 Å². The minimum atomic E-state index is -0.398. The number of nitrogens with one attached hydrogen (secondary N) is 1. The average molecular weight is 188 g/mol. The van der Waals surface area contributed by atoms with Gasteiger partial charge in [-0.15, -0.1) is 0 Å². The third kappa shape index (κ3) is 5.99. The molecule has 0 aromatic carbocycles. The van der Waals surface area contributed by atoms with E-state index in [9.17, 15) is 5.11 Å². The molecule has 0 aliphatic heterocycles. The van der Waals surface area contributed by atoms with Crippen LogP contribution in [0.3, 0.4) is 0 Å². The molecule has 1 saturated carbocycles. The van der Waals surface area contributed by atoms with Crippen LogP contribution in [0.2, 0.25) is 0 Å². The van der Waals surface area contributed by atoms with Gasteiger partial charge >= 0.3 is 0 Å². The van der Waals surface area contributed by atoms with Crippen molar-refractivity contribution in [2.45, 2.75) is 18.9 Å². The van der Waals surface area contributed by atoms with Crippen molar-refractivity contribution in [1.29, 1.82) is 0 Å². The highest BCUT2D eigenvalue weighted by Crippen LogP contribution is 2.28. The quantitative estimate of drug-likeness (QED) is 0.442. The van der Waals surface area contributed by atoms with Gasteiger partial charge in [-0.2, -0.15) is 0 Å². The molecule has 13 heavy (non-hydrogen) atoms. The maximum Gasteiger partial charge on any atom is 0.0897 e. The van der Waals surface area contributed by atoms with Crippen molar-refractivity contribution >= 4 is 0 Å². The molecule has 1 aliphatic rings. The fourth-order valence-electron chi connectivity index (χ4n) is 1.08. The summed E-state index contributed by atoms with van der Waals surface area (Å²) in [5.41, 5.74) is 5.29. The number of hydrogen-bond donors (Lipinski definition) is 3. The molecule has 4 nitrogen and oxygen atoms in total. The van der Waals surface area contributed by atoms with E-state index < -0.39 is 6.10 Å². The normalized spacial score (nSPS) is 18.9. The first kappa shape index (κ1) is 10.9. The third-order valence-corrected chi connectivity index (χ3v) is 2.06. The summed E-state index contributed by atoms with van der Waals surface area (Å²) in [6.07, 6.45) is 2.19. The second-order valence-electron chi connectivity index (χ2n) is 3.63. The van der Waals surface area contributed by atoms with Crippen LogP contribution in [-0.2, 0) is 4.74 Å². The zero-order chi connectivity index (χ0) is 9.52. The first-order chi connectivity index (χ1) is 6.33. The monoisotopic (exact) mass is 188 g/mol. The van der Waals surface area contributed by atoms with E-state index in [-0.39, 0.29) is 0 Å². The van der Waals surface area contributed by atoms with Gasteiger partial charge in [-0.3, -0.25) is 0 Å². The molecular weight excluding hydrogens is 168 g/mol. The van der Waals surface area contributed by atoms with Crippen molar-refractivity contribution in [3.05, 3.63) is 0 Å². The Balaban J connectivity index is 1.81. The van der Waals surface area contributed by atoms with E-state index in [2.05, 4.69) is 5.32 Å². The first-order valence-corrected chi connectivity index (χ1v) is 4.99. The molecule has 1 atom stereocenters. The summed E-state index contributed by atoms with van der Waals surface area (Å²) in [4.78, 5) is 0. The maximum atomic E-state index is 9.38. The van der Waals surface area contributed by atoms with E-state index >= 15 is 0 Å². The molecule has 1 rings (SSSR count). The Morgan fingerprint density at radius 2 is 2.31 bits per heavy atom. The third-order valence-electron chi connectivity index (χ3n) is 2.06. The highest BCUT2D eigenvalue weighted by molar-refractivity contribution is 4.72. The average Bonchev–Trinajstić information content (AvgIpc) is 2.89. The second kappa shape index (κ2) is 6.32. The summed E-state index contributed by atoms with van der Waals surface area (Å²) in [6, 6.07) is 0. The lowest BCUT2D eigenvalue weighted by Gasteiger charge is -2.11. The number of rotatable bonds is 8. The lowest BCUT2D eigenvalue weighted by atomic mass is 10.3. The van der Waals surface area contributed by atoms with Crippen LogP contribution in [0.25, 0.3) is 0 Å². The van der Waals surface area contributed by atoms with Crippen LogP contribution in [0.4, 0.5) is 0 Å². The predicted octanol–water partition coefficient (Wildman–Crippen LogP) is -0.678. The van der Waals surface area contributed by atoms with Crippen molar-refractivity contribution in [2.24, 2.45) is 11.7 Å². The van der Waals surface area contributed by atoms with E-state index in [0.29, 0.717) is 19.7 Å². The Hall–Kier alpha value is -0.160. The van der Waals surface area contributed by atoms with Gasteiger partial charge in [-0.25, -0.2) is 0 Å². The van der Waals surface area contributed by atoms with Gasteiger partial charge in [0.25, 0.3) is 0 Å². The molecule has 78 valence electrons. The molecule has 1 fully saturated rings. The molecule has 0 amide bonds. The Labute approximate surface area is 79.5 Å². The SMILES string of the molecule is NCCNCC(O)COCC1CC1. The first-order valence-electron chi connectivity index (χ1n) is 4.99. The fourth-order valence-corrected chi connectivity index (χ4v) is 1.08. The largest absolute Gasteiger partial charge is 0.389 e. The smallest absolute Gasteiger partial charge is 0.0897 e. The van der Waals surface area contributed by atoms with Gasteiger partial charge in [0.05, 0.1) is 12.7 Å². The minimum Gasteiger partial charge on any atom is -0.389 e. The summed E-state index contributed by atoms with van der Waals surface area (Å²) in [7, 11) is 0. The molecule has 1 aliphatic carbocycles. The van der Waals surface area contributed by atoms with Gasteiger partial charge in [0.2, 0.25) is 0 Å². The van der Waals surface area contributed by atoms with E-state index in [1.807, 2.05) is 0 Å². The number of nitrogens with two attached hydrogens (primary N) is 1. The lowest BCUT2D eigenvalue weighted by Crippen LogP contribution is -2.33. The van der Waals surface area contributed by atoms with Crippen LogP contribution in [-0.4, -0.2) is 44.1 Å². The van der Waals surface area contributed by atoms with Gasteiger partial charge in [0, 0.05) is 26.2 Å². The van der Waals surface area contributed by atoms with Crippen LogP contribution in [0, 0.1) is 5.92 Å². The molecule has 0 heterocycles. The van der Waals surface area contributed by atoms with Crippen LogP contribution >= 0.6 is 0 Å².